The van der Waals surface area contributed by atoms with Gasteiger partial charge in [-0.3, -0.25) is 9.36 Å². The molecule has 9 nitrogen and oxygen atoms in total. The van der Waals surface area contributed by atoms with Gasteiger partial charge in [0.15, 0.2) is 0 Å². The minimum atomic E-state index is -0.747. The van der Waals surface area contributed by atoms with Crippen molar-refractivity contribution < 1.29 is 13.9 Å². The third-order valence-corrected chi connectivity index (χ3v) is 5.57. The number of rotatable bonds is 7. The Balaban J connectivity index is 1.78. The first-order valence-electron chi connectivity index (χ1n) is 10.9. The molecule has 4 rings (SSSR count). The number of esters is 1. The molecule has 2 aromatic heterocycles. The zero-order valence-electron chi connectivity index (χ0n) is 19.5. The number of hydrogen-bond acceptors (Lipinski definition) is 7. The number of nitrogens with zero attached hydrogens (tertiary/aromatic N) is 3. The molecule has 1 atom stereocenters. The highest BCUT2D eigenvalue weighted by Gasteiger charge is 2.20. The predicted molar refractivity (Wildman–Crippen MR) is 128 cm³/mol. The zero-order chi connectivity index (χ0) is 24.4. The van der Waals surface area contributed by atoms with Crippen molar-refractivity contribution in [2.24, 2.45) is 5.92 Å². The van der Waals surface area contributed by atoms with Crippen LogP contribution < -0.4 is 16.7 Å². The Hall–Kier alpha value is -4.14. The van der Waals surface area contributed by atoms with Crippen molar-refractivity contribution in [3.05, 3.63) is 86.4 Å². The number of furan rings is 1. The number of fused-ring (bicyclic) bond motifs is 1. The van der Waals surface area contributed by atoms with Gasteiger partial charge in [-0.25, -0.2) is 14.2 Å². The summed E-state index contributed by atoms with van der Waals surface area (Å²) in [5.74, 6) is -0.307. The Bertz CT molecular complexity index is 1460. The second-order valence-electron chi connectivity index (χ2n) is 8.34. The van der Waals surface area contributed by atoms with Crippen LogP contribution in [-0.4, -0.2) is 27.2 Å². The van der Waals surface area contributed by atoms with Gasteiger partial charge in [-0.2, -0.15) is 4.98 Å². The normalized spacial score (nSPS) is 12.0. The Labute approximate surface area is 195 Å². The Kier molecular flexibility index (Phi) is 6.36. The van der Waals surface area contributed by atoms with Crippen LogP contribution in [0.1, 0.15) is 23.8 Å². The molecule has 0 bridgehead atoms. The minimum absolute atomic E-state index is 0.108. The summed E-state index contributed by atoms with van der Waals surface area (Å²) in [5, 5.41) is 3.99. The molecule has 0 saturated heterocycles. The number of carbonyl (C=O) groups excluding carboxylic acids is 1. The maximum Gasteiger partial charge on any atom is 0.354 e. The fraction of sp³-hybridized carbons (Fsp3) is 0.280. The molecule has 34 heavy (non-hydrogen) atoms. The first-order valence-corrected chi connectivity index (χ1v) is 10.9. The molecule has 0 radical (unpaired) electrons. The lowest BCUT2D eigenvalue weighted by atomic mass is 10.1. The van der Waals surface area contributed by atoms with Gasteiger partial charge in [0.25, 0.3) is 0 Å². The first kappa shape index (κ1) is 23.0. The number of hydrogen-bond donors (Lipinski definition) is 1. The van der Waals surface area contributed by atoms with E-state index < -0.39 is 23.3 Å². The Morgan fingerprint density at radius 1 is 1.09 bits per heavy atom. The molecule has 0 aliphatic carbocycles. The van der Waals surface area contributed by atoms with Gasteiger partial charge in [-0.05, 0) is 43.7 Å². The lowest BCUT2D eigenvalue weighted by molar-refractivity contribution is -0.145. The molecule has 0 aliphatic heterocycles. The van der Waals surface area contributed by atoms with Crippen molar-refractivity contribution in [3.63, 3.8) is 0 Å². The molecular formula is C25H26N4O5. The number of methoxy groups -OCH3 is 1. The fourth-order valence-electron chi connectivity index (χ4n) is 3.73. The number of carbonyl (C=O) groups is 1. The highest BCUT2D eigenvalue weighted by Crippen LogP contribution is 2.24. The van der Waals surface area contributed by atoms with Crippen LogP contribution in [0, 0.1) is 19.8 Å². The van der Waals surface area contributed by atoms with Crippen molar-refractivity contribution in [3.8, 4) is 0 Å². The van der Waals surface area contributed by atoms with E-state index in [1.807, 2.05) is 56.3 Å². The average molecular weight is 463 g/mol. The van der Waals surface area contributed by atoms with Gasteiger partial charge in [0.2, 0.25) is 5.95 Å². The van der Waals surface area contributed by atoms with Gasteiger partial charge in [0.1, 0.15) is 11.3 Å². The van der Waals surface area contributed by atoms with Gasteiger partial charge in [0, 0.05) is 17.6 Å². The summed E-state index contributed by atoms with van der Waals surface area (Å²) >= 11 is 0. The van der Waals surface area contributed by atoms with Crippen LogP contribution in [0.25, 0.3) is 11.0 Å². The van der Waals surface area contributed by atoms with Crippen LogP contribution >= 0.6 is 0 Å². The maximum atomic E-state index is 13.4. The molecule has 176 valence electrons. The number of aryl methyl sites for hydroxylation is 2. The Morgan fingerprint density at radius 3 is 2.53 bits per heavy atom. The quantitative estimate of drug-likeness (QED) is 0.420. The molecule has 0 spiro atoms. The Morgan fingerprint density at radius 2 is 1.82 bits per heavy atom. The molecular weight excluding hydrogens is 436 g/mol. The SMILES string of the molecule is COC(=O)[C@H](C)Cn1c(=O)nc(Nc2ccc3oc(C)cc3c2)n(Cc2ccc(C)cc2)c1=O. The summed E-state index contributed by atoms with van der Waals surface area (Å²) in [6, 6.07) is 15.1. The standard InChI is InChI=1S/C25H26N4O5/c1-15-5-7-18(8-6-15)14-28-23(26-20-9-10-21-19(12-20)11-17(3)34-21)27-24(31)29(25(28)32)13-16(2)22(30)33-4/h5-12,16H,13-14H2,1-4H3,(H,26,27,31)/t16-/m1/s1. The molecule has 4 aromatic rings. The van der Waals surface area contributed by atoms with Crippen molar-refractivity contribution in [1.29, 1.82) is 0 Å². The molecule has 1 N–H and O–H groups in total. The van der Waals surface area contributed by atoms with E-state index in [0.717, 1.165) is 32.4 Å². The summed E-state index contributed by atoms with van der Waals surface area (Å²) in [5.41, 5.74) is 2.03. The number of anilines is 2. The second kappa shape index (κ2) is 9.38. The third kappa shape index (κ3) is 4.78. The highest BCUT2D eigenvalue weighted by atomic mass is 16.5. The summed E-state index contributed by atoms with van der Waals surface area (Å²) in [6.45, 7) is 5.49. The van der Waals surface area contributed by atoms with Crippen LogP contribution in [0.15, 0.2) is 62.5 Å². The fourth-order valence-corrected chi connectivity index (χ4v) is 3.73. The van der Waals surface area contributed by atoms with Gasteiger partial charge in [-0.1, -0.05) is 36.8 Å². The van der Waals surface area contributed by atoms with E-state index in [2.05, 4.69) is 10.3 Å². The molecule has 2 heterocycles. The highest BCUT2D eigenvalue weighted by molar-refractivity contribution is 5.82. The molecule has 0 aliphatic rings. The monoisotopic (exact) mass is 462 g/mol. The van der Waals surface area contributed by atoms with Crippen LogP contribution in [-0.2, 0) is 22.6 Å². The van der Waals surface area contributed by atoms with Crippen molar-refractivity contribution in [2.75, 3.05) is 12.4 Å². The average Bonchev–Trinajstić information content (AvgIpc) is 3.19. The molecule has 2 aromatic carbocycles. The number of ether oxygens (including phenoxy) is 1. The number of benzene rings is 2. The van der Waals surface area contributed by atoms with Gasteiger partial charge >= 0.3 is 17.3 Å². The summed E-state index contributed by atoms with van der Waals surface area (Å²) in [6.07, 6.45) is 0. The van der Waals surface area contributed by atoms with E-state index in [-0.39, 0.29) is 19.0 Å². The second-order valence-corrected chi connectivity index (χ2v) is 8.34. The number of nitrogens with one attached hydrogen (secondary N) is 1. The van der Waals surface area contributed by atoms with Crippen molar-refractivity contribution >= 4 is 28.6 Å². The smallest absolute Gasteiger partial charge is 0.354 e. The summed E-state index contributed by atoms with van der Waals surface area (Å²) in [4.78, 5) is 42.2. The van der Waals surface area contributed by atoms with E-state index in [0.29, 0.717) is 5.69 Å². The van der Waals surface area contributed by atoms with Crippen molar-refractivity contribution in [1.82, 2.24) is 14.1 Å². The van der Waals surface area contributed by atoms with E-state index in [9.17, 15) is 14.4 Å². The van der Waals surface area contributed by atoms with Crippen LogP contribution in [0.2, 0.25) is 0 Å². The van der Waals surface area contributed by atoms with E-state index >= 15 is 0 Å². The predicted octanol–water partition coefficient (Wildman–Crippen LogP) is 3.37. The van der Waals surface area contributed by atoms with E-state index in [1.54, 1.807) is 13.0 Å². The van der Waals surface area contributed by atoms with E-state index in [1.165, 1.54) is 11.7 Å². The largest absolute Gasteiger partial charge is 0.469 e. The number of aromatic nitrogens is 3. The molecule has 0 amide bonds. The van der Waals surface area contributed by atoms with Crippen molar-refractivity contribution in [2.45, 2.75) is 33.9 Å². The lowest BCUT2D eigenvalue weighted by Gasteiger charge is -2.17. The summed E-state index contributed by atoms with van der Waals surface area (Å²) in [7, 11) is 1.26. The molecule has 0 saturated carbocycles. The van der Waals surface area contributed by atoms with Crippen LogP contribution in [0.4, 0.5) is 11.6 Å². The molecule has 0 fully saturated rings. The summed E-state index contributed by atoms with van der Waals surface area (Å²) < 4.78 is 12.7. The van der Waals surface area contributed by atoms with Gasteiger partial charge < -0.3 is 14.5 Å². The van der Waals surface area contributed by atoms with Crippen LogP contribution in [0.5, 0.6) is 0 Å². The zero-order valence-corrected chi connectivity index (χ0v) is 19.5. The van der Waals surface area contributed by atoms with Gasteiger partial charge in [-0.15, -0.1) is 0 Å². The van der Waals surface area contributed by atoms with Gasteiger partial charge in [0.05, 0.1) is 19.6 Å². The van der Waals surface area contributed by atoms with Crippen LogP contribution in [0.3, 0.4) is 0 Å². The van der Waals surface area contributed by atoms with E-state index in [4.69, 9.17) is 9.15 Å². The minimum Gasteiger partial charge on any atom is -0.469 e. The first-order chi connectivity index (χ1) is 16.2. The third-order valence-electron chi connectivity index (χ3n) is 5.57. The lowest BCUT2D eigenvalue weighted by Crippen LogP contribution is -2.44. The molecule has 9 heteroatoms. The maximum absolute atomic E-state index is 13.4. The molecule has 0 unspecified atom stereocenters. The topological polar surface area (TPSA) is 108 Å².